The number of hydrogen-bond acceptors (Lipinski definition) is 0. The van der Waals surface area contributed by atoms with Crippen molar-refractivity contribution in [2.45, 2.75) is 38.9 Å². The highest BCUT2D eigenvalue weighted by molar-refractivity contribution is 5.88. The third kappa shape index (κ3) is 3.47. The van der Waals surface area contributed by atoms with Crippen molar-refractivity contribution in [2.75, 3.05) is 0 Å². The van der Waals surface area contributed by atoms with Gasteiger partial charge in [0, 0.05) is 44.8 Å². The first-order valence-electron chi connectivity index (χ1n) is 28.0. The molecule has 0 amide bonds. The van der Waals surface area contributed by atoms with Crippen LogP contribution in [0.5, 0.6) is 0 Å². The van der Waals surface area contributed by atoms with Crippen molar-refractivity contribution >= 4 is 0 Å². The number of allylic oxidation sites excluding steroid dienone is 12. The molecule has 362 valence electrons. The van der Waals surface area contributed by atoms with Crippen LogP contribution in [0.4, 0.5) is 22.0 Å². The second-order valence-corrected chi connectivity index (χ2v) is 26.1. The third-order valence-corrected chi connectivity index (χ3v) is 25.4. The maximum atomic E-state index is 16.0. The molecule has 15 aliphatic carbocycles. The van der Waals surface area contributed by atoms with Gasteiger partial charge in [-0.1, -0.05) is 121 Å². The zero-order valence-corrected chi connectivity index (χ0v) is 40.5. The first-order valence-corrected chi connectivity index (χ1v) is 28.0. The Hall–Kier alpha value is -6.59. The van der Waals surface area contributed by atoms with Crippen LogP contribution in [0.1, 0.15) is 61.9 Å². The normalized spacial score (nSPS) is 46.8. The monoisotopic (exact) mass is 982 g/mol. The lowest BCUT2D eigenvalue weighted by Crippen LogP contribution is -2.67. The molecule has 0 N–H and O–H groups in total. The van der Waals surface area contributed by atoms with E-state index in [4.69, 9.17) is 0 Å². The van der Waals surface area contributed by atoms with E-state index >= 15 is 22.0 Å². The van der Waals surface area contributed by atoms with Crippen LogP contribution in [-0.4, -0.2) is 0 Å². The van der Waals surface area contributed by atoms with E-state index in [1.165, 1.54) is 61.2 Å². The molecule has 0 radical (unpaired) electrons. The van der Waals surface area contributed by atoms with Gasteiger partial charge >= 0.3 is 0 Å². The Balaban J connectivity index is 1.09. The van der Waals surface area contributed by atoms with E-state index in [1.54, 1.807) is 60.7 Å². The lowest BCUT2D eigenvalue weighted by molar-refractivity contribution is 0.00538. The van der Waals surface area contributed by atoms with Crippen LogP contribution < -0.4 is 0 Å². The van der Waals surface area contributed by atoms with E-state index in [0.717, 1.165) is 11.1 Å². The minimum atomic E-state index is -0.711. The molecule has 0 nitrogen and oxygen atoms in total. The van der Waals surface area contributed by atoms with Crippen molar-refractivity contribution in [2.24, 2.45) is 88.8 Å². The summed E-state index contributed by atoms with van der Waals surface area (Å²) in [6.45, 7) is 0. The van der Waals surface area contributed by atoms with Gasteiger partial charge in [-0.2, -0.15) is 0 Å². The average molecular weight is 983 g/mol. The molecular formula is C70H47F5. The van der Waals surface area contributed by atoms with Gasteiger partial charge in [0.05, 0.1) is 0 Å². The molecule has 0 aromatic heterocycles. The summed E-state index contributed by atoms with van der Waals surface area (Å²) in [4.78, 5) is 0. The van der Waals surface area contributed by atoms with Crippen LogP contribution in [0.3, 0.4) is 0 Å². The summed E-state index contributed by atoms with van der Waals surface area (Å²) in [7, 11) is 0. The summed E-state index contributed by atoms with van der Waals surface area (Å²) < 4.78 is 79.9. The first kappa shape index (κ1) is 39.8. The Kier molecular flexibility index (Phi) is 6.28. The molecule has 0 spiro atoms. The average Bonchev–Trinajstić information content (AvgIpc) is 3.80. The van der Waals surface area contributed by atoms with Crippen LogP contribution in [0, 0.1) is 118 Å². The number of rotatable bonds is 5. The molecule has 6 aromatic carbocycles. The van der Waals surface area contributed by atoms with Crippen molar-refractivity contribution in [1.29, 1.82) is 0 Å². The van der Waals surface area contributed by atoms with Crippen molar-refractivity contribution in [3.05, 3.63) is 284 Å². The Bertz CT molecular complexity index is 3970. The van der Waals surface area contributed by atoms with Gasteiger partial charge in [0.25, 0.3) is 0 Å². The van der Waals surface area contributed by atoms with Crippen molar-refractivity contribution in [1.82, 2.24) is 0 Å². The summed E-state index contributed by atoms with van der Waals surface area (Å²) in [5.41, 5.74) is 14.1. The molecule has 21 rings (SSSR count). The molecule has 0 heterocycles. The van der Waals surface area contributed by atoms with E-state index in [2.05, 4.69) is 121 Å². The second-order valence-electron chi connectivity index (χ2n) is 26.1. The lowest BCUT2D eigenvalue weighted by Gasteiger charge is -2.68. The van der Waals surface area contributed by atoms with Crippen LogP contribution in [0.2, 0.25) is 0 Å². The van der Waals surface area contributed by atoms with Gasteiger partial charge in [-0.3, -0.25) is 0 Å². The second kappa shape index (κ2) is 11.8. The summed E-state index contributed by atoms with van der Waals surface area (Å²) in [5.74, 6) is 0.187. The Morgan fingerprint density at radius 1 is 0.267 bits per heavy atom. The predicted octanol–water partition coefficient (Wildman–Crippen LogP) is 14.2. The fraction of sp³-hybridized carbons (Fsp3) is 0.314. The fourth-order valence-corrected chi connectivity index (χ4v) is 25.1. The molecule has 0 saturated heterocycles. The fourth-order valence-electron chi connectivity index (χ4n) is 25.1. The van der Waals surface area contributed by atoms with Crippen LogP contribution >= 0.6 is 0 Å². The van der Waals surface area contributed by atoms with Gasteiger partial charge in [-0.15, -0.1) is 0 Å². The summed E-state index contributed by atoms with van der Waals surface area (Å²) in [6.07, 6.45) is 21.0. The highest BCUT2D eigenvalue weighted by Gasteiger charge is 2.92. The first-order chi connectivity index (χ1) is 36.7. The van der Waals surface area contributed by atoms with Gasteiger partial charge in [0.2, 0.25) is 0 Å². The van der Waals surface area contributed by atoms with E-state index in [1.807, 2.05) is 0 Å². The van der Waals surface area contributed by atoms with Gasteiger partial charge in [0.15, 0.2) is 0 Å². The zero-order chi connectivity index (χ0) is 48.9. The van der Waals surface area contributed by atoms with Crippen LogP contribution in [0.25, 0.3) is 0 Å². The van der Waals surface area contributed by atoms with E-state index in [0.29, 0.717) is 0 Å². The van der Waals surface area contributed by atoms with E-state index in [-0.39, 0.29) is 130 Å². The minimum absolute atomic E-state index is 0.0324. The molecule has 0 aliphatic heterocycles. The SMILES string of the molecule is Fc1ccc(C23C4=C5C6=C7C4C4(c8ccc(F)cc8)c8c9ccc(c82)C2C=CC8C%10C=CC%11C%12C=CC%13C%14C=CC9C4C%14C7(c4ccc(F)cc4)C%13C%12C6(c4ccc(F)cc4)C%11C%10C5(c4ccc(F)cc4)C8C23)cc1. The third-order valence-electron chi connectivity index (χ3n) is 25.4. The van der Waals surface area contributed by atoms with E-state index in [9.17, 15) is 0 Å². The molecule has 22 atom stereocenters. The molecule has 5 heteroatoms. The highest BCUT2D eigenvalue weighted by Crippen LogP contribution is 2.96. The van der Waals surface area contributed by atoms with E-state index < -0.39 is 27.1 Å². The maximum absolute atomic E-state index is 16.0. The summed E-state index contributed by atoms with van der Waals surface area (Å²) in [6, 6.07) is 43.7. The molecule has 15 aliphatic rings. The quantitative estimate of drug-likeness (QED) is 0.119. The number of halogens is 5. The van der Waals surface area contributed by atoms with Gasteiger partial charge in [-0.25, -0.2) is 22.0 Å². The van der Waals surface area contributed by atoms with Crippen LogP contribution in [0.15, 0.2) is 204 Å². The molecule has 5 fully saturated rings. The number of fused-ring (bicyclic) bond motifs is 5. The molecule has 5 saturated carbocycles. The predicted molar refractivity (Wildman–Crippen MR) is 273 cm³/mol. The standard InChI is InChI=1S/C70H47F5/c71-36-11-1-31(2-12-36)66-51-41-21-23-43-45-25-27-47-49-29-30-50-48-28-26-46-44-24-22-42(41)52(66)54(44)68(33-5-15-38(73)16-6-33)56(46)58(48)70(35-9-19-40(75)20-10-35)60(50)59(49)69(34-7-17-39(74)18-8-34)57(47)55(45)67(53(43)51,32-3-13-37(72)14-4-32)62-61(66)63(68)65(70)64(62)69/h1-30,41-48,51-58,64H. The lowest BCUT2D eigenvalue weighted by atomic mass is 9.34. The van der Waals surface area contributed by atoms with Crippen molar-refractivity contribution in [3.8, 4) is 0 Å². The topological polar surface area (TPSA) is 0 Å². The van der Waals surface area contributed by atoms with Crippen molar-refractivity contribution < 1.29 is 22.0 Å². The molecular weight excluding hydrogens is 936 g/mol. The van der Waals surface area contributed by atoms with Gasteiger partial charge in [0.1, 0.15) is 29.1 Å². The molecule has 22 unspecified atom stereocenters. The highest BCUT2D eigenvalue weighted by atomic mass is 19.1. The van der Waals surface area contributed by atoms with Crippen molar-refractivity contribution in [3.63, 3.8) is 0 Å². The number of hydrogen-bond donors (Lipinski definition) is 0. The molecule has 6 aromatic rings. The summed E-state index contributed by atoms with van der Waals surface area (Å²) in [5, 5.41) is 0. The Labute approximate surface area is 431 Å². The zero-order valence-electron chi connectivity index (χ0n) is 40.5. The molecule has 0 bridgehead atoms. The smallest absolute Gasteiger partial charge is 0.123 e. The minimum Gasteiger partial charge on any atom is -0.207 e. The Morgan fingerprint density at radius 2 is 0.587 bits per heavy atom. The van der Waals surface area contributed by atoms with Crippen LogP contribution in [-0.2, 0) is 27.1 Å². The van der Waals surface area contributed by atoms with Gasteiger partial charge in [-0.05, 0) is 216 Å². The number of benzene rings is 6. The maximum Gasteiger partial charge on any atom is 0.123 e. The Morgan fingerprint density at radius 3 is 1.04 bits per heavy atom. The molecule has 75 heavy (non-hydrogen) atoms. The summed E-state index contributed by atoms with van der Waals surface area (Å²) >= 11 is 0. The van der Waals surface area contributed by atoms with Gasteiger partial charge < -0.3 is 0 Å². The largest absolute Gasteiger partial charge is 0.207 e.